The van der Waals surface area contributed by atoms with Crippen molar-refractivity contribution in [1.29, 1.82) is 0 Å². The van der Waals surface area contributed by atoms with Gasteiger partial charge in [-0.25, -0.2) is 4.79 Å². The monoisotopic (exact) mass is 295 g/mol. The van der Waals surface area contributed by atoms with E-state index in [0.717, 1.165) is 5.56 Å². The summed E-state index contributed by atoms with van der Waals surface area (Å²) in [5, 5.41) is 19.6. The van der Waals surface area contributed by atoms with Crippen LogP contribution in [-0.4, -0.2) is 41.2 Å². The first-order valence-electron chi connectivity index (χ1n) is 6.30. The van der Waals surface area contributed by atoms with Crippen molar-refractivity contribution in [2.75, 3.05) is 7.11 Å². The van der Waals surface area contributed by atoms with Gasteiger partial charge in [-0.2, -0.15) is 0 Å². The summed E-state index contributed by atoms with van der Waals surface area (Å²) in [4.78, 5) is 33.1. The number of aryl methyl sites for hydroxylation is 1. The molecule has 7 heteroatoms. The SMILES string of the molecule is COc1ccccc1CCC(=O)N[C@H](CC(=O)O)C(=O)O. The average molecular weight is 295 g/mol. The number of hydrogen-bond acceptors (Lipinski definition) is 4. The van der Waals surface area contributed by atoms with Crippen LogP contribution in [0.15, 0.2) is 24.3 Å². The van der Waals surface area contributed by atoms with Crippen molar-refractivity contribution in [3.63, 3.8) is 0 Å². The summed E-state index contributed by atoms with van der Waals surface area (Å²) in [5.41, 5.74) is 0.820. The predicted molar refractivity (Wildman–Crippen MR) is 73.1 cm³/mol. The molecule has 1 aromatic rings. The van der Waals surface area contributed by atoms with Gasteiger partial charge in [-0.1, -0.05) is 18.2 Å². The van der Waals surface area contributed by atoms with E-state index < -0.39 is 30.3 Å². The summed E-state index contributed by atoms with van der Waals surface area (Å²) in [6.45, 7) is 0. The molecular formula is C14H17NO6. The predicted octanol–water partition coefficient (Wildman–Crippen LogP) is 0.672. The van der Waals surface area contributed by atoms with Gasteiger partial charge in [0.2, 0.25) is 5.91 Å². The van der Waals surface area contributed by atoms with Crippen LogP contribution in [0, 0.1) is 0 Å². The number of nitrogens with one attached hydrogen (secondary N) is 1. The van der Waals surface area contributed by atoms with Gasteiger partial charge in [-0.3, -0.25) is 9.59 Å². The summed E-state index contributed by atoms with van der Waals surface area (Å²) in [5.74, 6) is -2.53. The quantitative estimate of drug-likeness (QED) is 0.649. The molecule has 0 bridgehead atoms. The maximum Gasteiger partial charge on any atom is 0.326 e. The molecule has 0 aliphatic heterocycles. The molecule has 0 aliphatic rings. The number of methoxy groups -OCH3 is 1. The zero-order valence-corrected chi connectivity index (χ0v) is 11.5. The fourth-order valence-corrected chi connectivity index (χ4v) is 1.80. The van der Waals surface area contributed by atoms with Crippen LogP contribution < -0.4 is 10.1 Å². The number of carbonyl (C=O) groups excluding carboxylic acids is 1. The number of benzene rings is 1. The molecular weight excluding hydrogens is 278 g/mol. The van der Waals surface area contributed by atoms with E-state index in [0.29, 0.717) is 12.2 Å². The van der Waals surface area contributed by atoms with E-state index in [-0.39, 0.29) is 6.42 Å². The Morgan fingerprint density at radius 2 is 1.90 bits per heavy atom. The summed E-state index contributed by atoms with van der Waals surface area (Å²) in [6.07, 6.45) is -0.241. The number of rotatable bonds is 8. The van der Waals surface area contributed by atoms with E-state index >= 15 is 0 Å². The second kappa shape index (κ2) is 7.88. The molecule has 0 heterocycles. The molecule has 1 amide bonds. The molecule has 0 saturated heterocycles. The van der Waals surface area contributed by atoms with Gasteiger partial charge in [0.15, 0.2) is 0 Å². The van der Waals surface area contributed by atoms with Gasteiger partial charge in [0.05, 0.1) is 13.5 Å². The highest BCUT2D eigenvalue weighted by atomic mass is 16.5. The average Bonchev–Trinajstić information content (AvgIpc) is 2.44. The van der Waals surface area contributed by atoms with Gasteiger partial charge < -0.3 is 20.3 Å². The molecule has 7 nitrogen and oxygen atoms in total. The van der Waals surface area contributed by atoms with Gasteiger partial charge >= 0.3 is 11.9 Å². The van der Waals surface area contributed by atoms with Crippen molar-refractivity contribution in [2.45, 2.75) is 25.3 Å². The lowest BCUT2D eigenvalue weighted by molar-refractivity contribution is -0.147. The smallest absolute Gasteiger partial charge is 0.326 e. The third-order valence-electron chi connectivity index (χ3n) is 2.83. The number of carboxylic acid groups (broad SMARTS) is 2. The third-order valence-corrected chi connectivity index (χ3v) is 2.83. The van der Waals surface area contributed by atoms with Crippen LogP contribution in [0.4, 0.5) is 0 Å². The molecule has 0 saturated carbocycles. The van der Waals surface area contributed by atoms with Crippen molar-refractivity contribution >= 4 is 17.8 Å². The van der Waals surface area contributed by atoms with Crippen LogP contribution in [0.1, 0.15) is 18.4 Å². The molecule has 1 aromatic carbocycles. The number of amides is 1. The molecule has 0 aliphatic carbocycles. The van der Waals surface area contributed by atoms with Gasteiger partial charge in [0, 0.05) is 6.42 Å². The molecule has 21 heavy (non-hydrogen) atoms. The highest BCUT2D eigenvalue weighted by Gasteiger charge is 2.22. The van der Waals surface area contributed by atoms with Crippen LogP contribution >= 0.6 is 0 Å². The van der Waals surface area contributed by atoms with Crippen molar-refractivity contribution in [2.24, 2.45) is 0 Å². The Bertz CT molecular complexity index is 528. The summed E-state index contributed by atoms with van der Waals surface area (Å²) in [6, 6.07) is 5.75. The number of carbonyl (C=O) groups is 3. The van der Waals surface area contributed by atoms with Crippen LogP contribution in [0.25, 0.3) is 0 Å². The third kappa shape index (κ3) is 5.52. The first-order chi connectivity index (χ1) is 9.93. The van der Waals surface area contributed by atoms with Gasteiger partial charge in [0.1, 0.15) is 11.8 Å². The molecule has 3 N–H and O–H groups in total. The Labute approximate surface area is 121 Å². The van der Waals surface area contributed by atoms with Crippen molar-refractivity contribution < 1.29 is 29.3 Å². The molecule has 0 radical (unpaired) electrons. The maximum absolute atomic E-state index is 11.7. The molecule has 114 valence electrons. The van der Waals surface area contributed by atoms with Crippen LogP contribution in [-0.2, 0) is 20.8 Å². The molecule has 1 atom stereocenters. The second-order valence-corrected chi connectivity index (χ2v) is 4.37. The van der Waals surface area contributed by atoms with Crippen molar-refractivity contribution in [1.82, 2.24) is 5.32 Å². The van der Waals surface area contributed by atoms with Crippen molar-refractivity contribution in [3.05, 3.63) is 29.8 Å². The van der Waals surface area contributed by atoms with E-state index in [1.165, 1.54) is 7.11 Å². The Balaban J connectivity index is 2.56. The van der Waals surface area contributed by atoms with Crippen LogP contribution in [0.2, 0.25) is 0 Å². The molecule has 0 spiro atoms. The number of ether oxygens (including phenoxy) is 1. The van der Waals surface area contributed by atoms with Gasteiger partial charge in [0.25, 0.3) is 0 Å². The lowest BCUT2D eigenvalue weighted by Crippen LogP contribution is -2.42. The maximum atomic E-state index is 11.7. The van der Waals surface area contributed by atoms with Crippen molar-refractivity contribution in [3.8, 4) is 5.75 Å². The number of carboxylic acids is 2. The number of aliphatic carboxylic acids is 2. The lowest BCUT2D eigenvalue weighted by atomic mass is 10.1. The number of hydrogen-bond donors (Lipinski definition) is 3. The Morgan fingerprint density at radius 1 is 1.24 bits per heavy atom. The zero-order valence-electron chi connectivity index (χ0n) is 11.5. The Kier molecular flexibility index (Phi) is 6.19. The summed E-state index contributed by atoms with van der Waals surface area (Å²) >= 11 is 0. The Morgan fingerprint density at radius 3 is 2.48 bits per heavy atom. The number of para-hydroxylation sites is 1. The minimum absolute atomic E-state index is 0.0454. The van der Waals surface area contributed by atoms with E-state index in [1.54, 1.807) is 24.3 Å². The molecule has 0 fully saturated rings. The Hall–Kier alpha value is -2.57. The zero-order chi connectivity index (χ0) is 15.8. The fourth-order valence-electron chi connectivity index (χ4n) is 1.80. The van der Waals surface area contributed by atoms with Crippen LogP contribution in [0.3, 0.4) is 0 Å². The second-order valence-electron chi connectivity index (χ2n) is 4.37. The summed E-state index contributed by atoms with van der Waals surface area (Å²) in [7, 11) is 1.52. The minimum Gasteiger partial charge on any atom is -0.496 e. The highest BCUT2D eigenvalue weighted by Crippen LogP contribution is 2.18. The van der Waals surface area contributed by atoms with E-state index in [1.807, 2.05) is 0 Å². The largest absolute Gasteiger partial charge is 0.496 e. The first-order valence-corrected chi connectivity index (χ1v) is 6.30. The van der Waals surface area contributed by atoms with E-state index in [4.69, 9.17) is 14.9 Å². The lowest BCUT2D eigenvalue weighted by Gasteiger charge is -2.13. The van der Waals surface area contributed by atoms with Gasteiger partial charge in [-0.15, -0.1) is 0 Å². The van der Waals surface area contributed by atoms with E-state index in [2.05, 4.69) is 5.32 Å². The molecule has 1 rings (SSSR count). The standard InChI is InChI=1S/C14H17NO6/c1-21-11-5-3-2-4-9(11)6-7-12(16)15-10(14(19)20)8-13(17)18/h2-5,10H,6-8H2,1H3,(H,15,16)(H,17,18)(H,19,20)/t10-/m1/s1. The first kappa shape index (κ1) is 16.5. The topological polar surface area (TPSA) is 113 Å². The molecule has 0 unspecified atom stereocenters. The fraction of sp³-hybridized carbons (Fsp3) is 0.357. The van der Waals surface area contributed by atoms with Crippen LogP contribution in [0.5, 0.6) is 5.75 Å². The molecule has 0 aromatic heterocycles. The minimum atomic E-state index is -1.42. The normalized spacial score (nSPS) is 11.5. The summed E-state index contributed by atoms with van der Waals surface area (Å²) < 4.78 is 5.15. The highest BCUT2D eigenvalue weighted by molar-refractivity contribution is 5.86. The van der Waals surface area contributed by atoms with Gasteiger partial charge in [-0.05, 0) is 18.1 Å². The van der Waals surface area contributed by atoms with E-state index in [9.17, 15) is 14.4 Å².